The molecule has 64 valence electrons. The Morgan fingerprint density at radius 1 is 1.58 bits per heavy atom. The minimum Gasteiger partial charge on any atom is -0.371 e. The van der Waals surface area contributed by atoms with Gasteiger partial charge in [0.25, 0.3) is 0 Å². The summed E-state index contributed by atoms with van der Waals surface area (Å²) in [5.74, 6) is 0. The van der Waals surface area contributed by atoms with Crippen LogP contribution in [0.1, 0.15) is 11.7 Å². The molecule has 1 fully saturated rings. The molecule has 1 unspecified atom stereocenters. The summed E-state index contributed by atoms with van der Waals surface area (Å²) in [5.41, 5.74) is 1.16. The summed E-state index contributed by atoms with van der Waals surface area (Å²) in [6, 6.07) is 3.98. The Labute approximate surface area is 71.8 Å². The molecule has 0 aromatic carbocycles. The summed E-state index contributed by atoms with van der Waals surface area (Å²) >= 11 is 0. The molecular weight excluding hydrogens is 152 g/mol. The predicted molar refractivity (Wildman–Crippen MR) is 45.8 cm³/mol. The number of hydrogen-bond donors (Lipinski definition) is 1. The molecule has 0 saturated carbocycles. The van der Waals surface area contributed by atoms with E-state index in [2.05, 4.69) is 10.3 Å². The fourth-order valence-electron chi connectivity index (χ4n) is 1.35. The van der Waals surface area contributed by atoms with Crippen LogP contribution in [-0.2, 0) is 4.74 Å². The number of morpholine rings is 1. The minimum absolute atomic E-state index is 0.187. The van der Waals surface area contributed by atoms with Gasteiger partial charge in [0.05, 0.1) is 12.7 Å². The van der Waals surface area contributed by atoms with E-state index in [1.54, 1.807) is 6.20 Å². The topological polar surface area (TPSA) is 34.2 Å². The maximum Gasteiger partial charge on any atom is 0.0964 e. The fourth-order valence-corrected chi connectivity index (χ4v) is 1.35. The van der Waals surface area contributed by atoms with Crippen molar-refractivity contribution < 1.29 is 4.74 Å². The van der Waals surface area contributed by atoms with E-state index in [-0.39, 0.29) is 6.10 Å². The molecule has 2 heterocycles. The third kappa shape index (κ3) is 1.62. The monoisotopic (exact) mass is 164 g/mol. The van der Waals surface area contributed by atoms with Crippen LogP contribution in [0, 0.1) is 0 Å². The molecule has 3 heteroatoms. The van der Waals surface area contributed by atoms with Gasteiger partial charge in [0.1, 0.15) is 0 Å². The van der Waals surface area contributed by atoms with Crippen molar-refractivity contribution in [3.63, 3.8) is 0 Å². The van der Waals surface area contributed by atoms with E-state index in [1.165, 1.54) is 0 Å². The van der Waals surface area contributed by atoms with Crippen molar-refractivity contribution in [3.8, 4) is 0 Å². The van der Waals surface area contributed by atoms with Crippen molar-refractivity contribution in [1.82, 2.24) is 10.3 Å². The molecule has 1 aromatic heterocycles. The van der Waals surface area contributed by atoms with Gasteiger partial charge in [-0.1, -0.05) is 6.07 Å². The zero-order chi connectivity index (χ0) is 8.23. The second-order valence-electron chi connectivity index (χ2n) is 2.85. The number of rotatable bonds is 1. The molecule has 1 atom stereocenters. The summed E-state index contributed by atoms with van der Waals surface area (Å²) in [5, 5.41) is 3.28. The van der Waals surface area contributed by atoms with Crippen LogP contribution in [0.4, 0.5) is 0 Å². The van der Waals surface area contributed by atoms with Crippen LogP contribution in [0.3, 0.4) is 0 Å². The lowest BCUT2D eigenvalue weighted by atomic mass is 10.1. The molecule has 0 radical (unpaired) electrons. The standard InChI is InChI=1S/C9H12N2O/c1-2-8(6-10-3-1)9-7-11-4-5-12-9/h1-3,6,9,11H,4-5,7H2. The summed E-state index contributed by atoms with van der Waals surface area (Å²) < 4.78 is 5.56. The second-order valence-corrected chi connectivity index (χ2v) is 2.85. The molecule has 12 heavy (non-hydrogen) atoms. The second kappa shape index (κ2) is 3.65. The first-order chi connectivity index (χ1) is 5.97. The highest BCUT2D eigenvalue weighted by Gasteiger charge is 2.14. The molecule has 3 nitrogen and oxygen atoms in total. The smallest absolute Gasteiger partial charge is 0.0964 e. The van der Waals surface area contributed by atoms with Crippen LogP contribution in [0.5, 0.6) is 0 Å². The highest BCUT2D eigenvalue weighted by atomic mass is 16.5. The number of nitrogens with one attached hydrogen (secondary N) is 1. The van der Waals surface area contributed by atoms with Gasteiger partial charge in [-0.05, 0) is 6.07 Å². The van der Waals surface area contributed by atoms with Gasteiger partial charge in [-0.25, -0.2) is 0 Å². The number of ether oxygens (including phenoxy) is 1. The third-order valence-electron chi connectivity index (χ3n) is 1.98. The third-order valence-corrected chi connectivity index (χ3v) is 1.98. The van der Waals surface area contributed by atoms with E-state index in [9.17, 15) is 0 Å². The van der Waals surface area contributed by atoms with Crippen LogP contribution in [-0.4, -0.2) is 24.7 Å². The molecule has 0 aliphatic carbocycles. The highest BCUT2D eigenvalue weighted by molar-refractivity contribution is 5.12. The lowest BCUT2D eigenvalue weighted by Crippen LogP contribution is -2.33. The normalized spacial score (nSPS) is 23.8. The van der Waals surface area contributed by atoms with E-state index in [0.717, 1.165) is 25.3 Å². The van der Waals surface area contributed by atoms with Gasteiger partial charge in [-0.3, -0.25) is 4.98 Å². The maximum atomic E-state index is 5.56. The zero-order valence-electron chi connectivity index (χ0n) is 6.86. The van der Waals surface area contributed by atoms with Crippen molar-refractivity contribution in [2.45, 2.75) is 6.10 Å². The van der Waals surface area contributed by atoms with Crippen LogP contribution in [0.25, 0.3) is 0 Å². The summed E-state index contributed by atoms with van der Waals surface area (Å²) in [6.07, 6.45) is 3.82. The first-order valence-corrected chi connectivity index (χ1v) is 4.19. The van der Waals surface area contributed by atoms with Crippen molar-refractivity contribution in [2.24, 2.45) is 0 Å². The first-order valence-electron chi connectivity index (χ1n) is 4.19. The molecule has 1 aromatic rings. The van der Waals surface area contributed by atoms with Crippen LogP contribution in [0.15, 0.2) is 24.5 Å². The number of nitrogens with zero attached hydrogens (tertiary/aromatic N) is 1. The van der Waals surface area contributed by atoms with E-state index in [1.807, 2.05) is 18.3 Å². The van der Waals surface area contributed by atoms with Gasteiger partial charge in [0.15, 0.2) is 0 Å². The predicted octanol–water partition coefficient (Wildman–Crippen LogP) is 0.742. The lowest BCUT2D eigenvalue weighted by Gasteiger charge is -2.23. The van der Waals surface area contributed by atoms with E-state index < -0.39 is 0 Å². The molecule has 1 N–H and O–H groups in total. The van der Waals surface area contributed by atoms with E-state index in [4.69, 9.17) is 4.74 Å². The van der Waals surface area contributed by atoms with Crippen LogP contribution >= 0.6 is 0 Å². The van der Waals surface area contributed by atoms with Gasteiger partial charge >= 0.3 is 0 Å². The van der Waals surface area contributed by atoms with Crippen LogP contribution in [0.2, 0.25) is 0 Å². The average molecular weight is 164 g/mol. The summed E-state index contributed by atoms with van der Waals surface area (Å²) in [6.45, 7) is 2.64. The SMILES string of the molecule is c1cncc(C2CNCCO2)c1. The molecule has 0 spiro atoms. The van der Waals surface area contributed by atoms with Crippen molar-refractivity contribution in [2.75, 3.05) is 19.7 Å². The van der Waals surface area contributed by atoms with E-state index in [0.29, 0.717) is 0 Å². The summed E-state index contributed by atoms with van der Waals surface area (Å²) in [7, 11) is 0. The molecule has 0 bridgehead atoms. The minimum atomic E-state index is 0.187. The average Bonchev–Trinajstić information content (AvgIpc) is 2.21. The van der Waals surface area contributed by atoms with E-state index >= 15 is 0 Å². The Bertz CT molecular complexity index is 232. The zero-order valence-corrected chi connectivity index (χ0v) is 6.86. The maximum absolute atomic E-state index is 5.56. The Balaban J connectivity index is 2.08. The molecule has 1 aliphatic rings. The number of hydrogen-bond acceptors (Lipinski definition) is 3. The Hall–Kier alpha value is -0.930. The number of pyridine rings is 1. The van der Waals surface area contributed by atoms with Crippen molar-refractivity contribution in [3.05, 3.63) is 30.1 Å². The van der Waals surface area contributed by atoms with Crippen LogP contribution < -0.4 is 5.32 Å². The van der Waals surface area contributed by atoms with Crippen molar-refractivity contribution in [1.29, 1.82) is 0 Å². The van der Waals surface area contributed by atoms with Gasteiger partial charge in [-0.2, -0.15) is 0 Å². The molecule has 2 rings (SSSR count). The molecule has 1 aliphatic heterocycles. The summed E-state index contributed by atoms with van der Waals surface area (Å²) in [4.78, 5) is 4.05. The largest absolute Gasteiger partial charge is 0.371 e. The first kappa shape index (κ1) is 7.71. The Morgan fingerprint density at radius 3 is 3.25 bits per heavy atom. The fraction of sp³-hybridized carbons (Fsp3) is 0.444. The number of aromatic nitrogens is 1. The highest BCUT2D eigenvalue weighted by Crippen LogP contribution is 2.16. The van der Waals surface area contributed by atoms with Gasteiger partial charge in [0.2, 0.25) is 0 Å². The molecular formula is C9H12N2O. The van der Waals surface area contributed by atoms with Gasteiger partial charge < -0.3 is 10.1 Å². The van der Waals surface area contributed by atoms with Crippen molar-refractivity contribution >= 4 is 0 Å². The lowest BCUT2D eigenvalue weighted by molar-refractivity contribution is 0.0275. The molecule has 1 saturated heterocycles. The molecule has 0 amide bonds. The van der Waals surface area contributed by atoms with Gasteiger partial charge in [0, 0.05) is 31.0 Å². The Kier molecular flexibility index (Phi) is 2.34. The van der Waals surface area contributed by atoms with Gasteiger partial charge in [-0.15, -0.1) is 0 Å². The Morgan fingerprint density at radius 2 is 2.58 bits per heavy atom. The quantitative estimate of drug-likeness (QED) is 0.664.